The molecule has 1 aromatic carbocycles. The number of aliphatic imine (C=N–C) groups is 1. The molecule has 8 heteroatoms. The fourth-order valence-corrected chi connectivity index (χ4v) is 3.59. The first kappa shape index (κ1) is 25.0. The Morgan fingerprint density at radius 2 is 1.93 bits per heavy atom. The zero-order valence-corrected chi connectivity index (χ0v) is 20.6. The average Bonchev–Trinajstić information content (AvgIpc) is 3.00. The van der Waals surface area contributed by atoms with Crippen LogP contribution in [0.3, 0.4) is 0 Å². The van der Waals surface area contributed by atoms with Crippen molar-refractivity contribution < 1.29 is 18.9 Å². The van der Waals surface area contributed by atoms with Gasteiger partial charge in [0.1, 0.15) is 0 Å². The summed E-state index contributed by atoms with van der Waals surface area (Å²) in [5, 5.41) is 3.43. The van der Waals surface area contributed by atoms with Crippen molar-refractivity contribution in [3.05, 3.63) is 23.8 Å². The summed E-state index contributed by atoms with van der Waals surface area (Å²) < 4.78 is 22.6. The highest BCUT2D eigenvalue weighted by Crippen LogP contribution is 2.30. The van der Waals surface area contributed by atoms with Crippen LogP contribution in [0.4, 0.5) is 0 Å². The fraction of sp³-hybridized carbons (Fsp3) is 0.682. The number of halogens is 1. The molecule has 170 valence electrons. The second kappa shape index (κ2) is 13.9. The van der Waals surface area contributed by atoms with Gasteiger partial charge in [0, 0.05) is 46.4 Å². The Morgan fingerprint density at radius 3 is 2.67 bits per heavy atom. The topological polar surface area (TPSA) is 64.6 Å². The van der Waals surface area contributed by atoms with Crippen molar-refractivity contribution in [2.75, 3.05) is 53.2 Å². The van der Waals surface area contributed by atoms with E-state index in [1.54, 1.807) is 7.11 Å². The highest BCUT2D eigenvalue weighted by atomic mass is 127. The second-order valence-corrected chi connectivity index (χ2v) is 7.41. The standard InChI is InChI=1S/C22H35N3O4.HI/c1-3-23-22(25-10-8-19(9-11-25)27-13-4-12-26-2)24-17-18-6-7-20-21(16-18)29-15-5-14-28-20;/h6-7,16,19H,3-5,8-15,17H2,1-2H3,(H,23,24);1H. The van der Waals surface area contributed by atoms with Crippen LogP contribution in [-0.2, 0) is 16.0 Å². The minimum atomic E-state index is 0. The van der Waals surface area contributed by atoms with Crippen LogP contribution in [0.15, 0.2) is 23.2 Å². The van der Waals surface area contributed by atoms with Gasteiger partial charge in [-0.1, -0.05) is 6.07 Å². The Kier molecular flexibility index (Phi) is 11.6. The van der Waals surface area contributed by atoms with Crippen LogP contribution in [0, 0.1) is 0 Å². The third-order valence-electron chi connectivity index (χ3n) is 5.15. The first-order valence-electron chi connectivity index (χ1n) is 10.8. The number of guanidine groups is 1. The van der Waals surface area contributed by atoms with Crippen LogP contribution < -0.4 is 14.8 Å². The predicted octanol–water partition coefficient (Wildman–Crippen LogP) is 3.45. The Morgan fingerprint density at radius 1 is 1.17 bits per heavy atom. The third kappa shape index (κ3) is 7.77. The van der Waals surface area contributed by atoms with Gasteiger partial charge in [-0.25, -0.2) is 4.99 Å². The molecule has 0 aromatic heterocycles. The number of benzene rings is 1. The number of rotatable bonds is 8. The van der Waals surface area contributed by atoms with Crippen molar-refractivity contribution in [3.63, 3.8) is 0 Å². The van der Waals surface area contributed by atoms with Crippen LogP contribution >= 0.6 is 24.0 Å². The minimum Gasteiger partial charge on any atom is -0.490 e. The molecule has 3 rings (SSSR count). The predicted molar refractivity (Wildman–Crippen MR) is 129 cm³/mol. The lowest BCUT2D eigenvalue weighted by molar-refractivity contribution is 0.00990. The van der Waals surface area contributed by atoms with Gasteiger partial charge in [0.2, 0.25) is 0 Å². The van der Waals surface area contributed by atoms with E-state index in [0.717, 1.165) is 81.6 Å². The van der Waals surface area contributed by atoms with Gasteiger partial charge in [-0.2, -0.15) is 0 Å². The summed E-state index contributed by atoms with van der Waals surface area (Å²) in [6.07, 6.45) is 4.27. The minimum absolute atomic E-state index is 0. The van der Waals surface area contributed by atoms with Crippen LogP contribution in [0.2, 0.25) is 0 Å². The number of piperidine rings is 1. The molecule has 0 unspecified atom stereocenters. The van der Waals surface area contributed by atoms with Crippen molar-refractivity contribution in [1.29, 1.82) is 0 Å². The number of nitrogens with zero attached hydrogens (tertiary/aromatic N) is 2. The lowest BCUT2D eigenvalue weighted by Gasteiger charge is -2.34. The lowest BCUT2D eigenvalue weighted by Crippen LogP contribution is -2.47. The summed E-state index contributed by atoms with van der Waals surface area (Å²) >= 11 is 0. The van der Waals surface area contributed by atoms with Crippen molar-refractivity contribution in [2.45, 2.75) is 45.3 Å². The molecule has 7 nitrogen and oxygen atoms in total. The molecule has 0 amide bonds. The molecule has 1 aromatic rings. The molecule has 30 heavy (non-hydrogen) atoms. The summed E-state index contributed by atoms with van der Waals surface area (Å²) in [6, 6.07) is 6.11. The number of ether oxygens (including phenoxy) is 4. The molecule has 0 bridgehead atoms. The van der Waals surface area contributed by atoms with E-state index in [-0.39, 0.29) is 24.0 Å². The third-order valence-corrected chi connectivity index (χ3v) is 5.15. The highest BCUT2D eigenvalue weighted by molar-refractivity contribution is 14.0. The van der Waals surface area contributed by atoms with E-state index in [2.05, 4.69) is 23.2 Å². The summed E-state index contributed by atoms with van der Waals surface area (Å²) in [5.41, 5.74) is 1.13. The number of hydrogen-bond donors (Lipinski definition) is 1. The largest absolute Gasteiger partial charge is 0.490 e. The van der Waals surface area contributed by atoms with Gasteiger partial charge >= 0.3 is 0 Å². The fourth-order valence-electron chi connectivity index (χ4n) is 3.59. The molecular formula is C22H36IN3O4. The van der Waals surface area contributed by atoms with Gasteiger partial charge in [0.15, 0.2) is 17.5 Å². The number of nitrogens with one attached hydrogen (secondary N) is 1. The van der Waals surface area contributed by atoms with Gasteiger partial charge < -0.3 is 29.2 Å². The van der Waals surface area contributed by atoms with Crippen molar-refractivity contribution in [3.8, 4) is 11.5 Å². The number of methoxy groups -OCH3 is 1. The molecule has 1 fully saturated rings. The van der Waals surface area contributed by atoms with E-state index in [9.17, 15) is 0 Å². The molecule has 0 aliphatic carbocycles. The average molecular weight is 533 g/mol. The number of fused-ring (bicyclic) bond motifs is 1. The maximum atomic E-state index is 5.97. The van der Waals surface area contributed by atoms with E-state index in [1.807, 2.05) is 12.1 Å². The summed E-state index contributed by atoms with van der Waals surface area (Å²) in [7, 11) is 1.73. The highest BCUT2D eigenvalue weighted by Gasteiger charge is 2.22. The van der Waals surface area contributed by atoms with Gasteiger partial charge in [-0.3, -0.25) is 0 Å². The lowest BCUT2D eigenvalue weighted by atomic mass is 10.1. The quantitative estimate of drug-likeness (QED) is 0.239. The Balaban J connectivity index is 0.00000320. The molecular weight excluding hydrogens is 497 g/mol. The van der Waals surface area contributed by atoms with E-state index in [1.165, 1.54) is 0 Å². The first-order valence-corrected chi connectivity index (χ1v) is 10.8. The molecule has 2 aliphatic rings. The summed E-state index contributed by atoms with van der Waals surface area (Å²) in [5.74, 6) is 2.62. The Bertz CT molecular complexity index is 651. The first-order chi connectivity index (χ1) is 14.3. The smallest absolute Gasteiger partial charge is 0.194 e. The molecule has 0 atom stereocenters. The van der Waals surface area contributed by atoms with Gasteiger partial charge in [-0.05, 0) is 43.9 Å². The normalized spacial score (nSPS) is 17.3. The molecule has 0 saturated carbocycles. The molecule has 2 heterocycles. The zero-order chi connectivity index (χ0) is 20.3. The van der Waals surface area contributed by atoms with Crippen molar-refractivity contribution in [2.24, 2.45) is 4.99 Å². The van der Waals surface area contributed by atoms with E-state index >= 15 is 0 Å². The molecule has 1 saturated heterocycles. The molecule has 0 radical (unpaired) electrons. The second-order valence-electron chi connectivity index (χ2n) is 7.41. The van der Waals surface area contributed by atoms with Gasteiger partial charge in [0.25, 0.3) is 0 Å². The van der Waals surface area contributed by atoms with E-state index in [0.29, 0.717) is 25.9 Å². The maximum Gasteiger partial charge on any atom is 0.194 e. The Hall–Kier alpha value is -1.26. The zero-order valence-electron chi connectivity index (χ0n) is 18.2. The van der Waals surface area contributed by atoms with Crippen LogP contribution in [-0.4, -0.2) is 70.1 Å². The monoisotopic (exact) mass is 533 g/mol. The molecule has 1 N–H and O–H groups in total. The van der Waals surface area contributed by atoms with E-state index < -0.39 is 0 Å². The molecule has 0 spiro atoms. The Labute approximate surface area is 197 Å². The van der Waals surface area contributed by atoms with Gasteiger partial charge in [0.05, 0.1) is 25.9 Å². The number of hydrogen-bond acceptors (Lipinski definition) is 5. The van der Waals surface area contributed by atoms with E-state index in [4.69, 9.17) is 23.9 Å². The van der Waals surface area contributed by atoms with Gasteiger partial charge in [-0.15, -0.1) is 24.0 Å². The van der Waals surface area contributed by atoms with Crippen LogP contribution in [0.25, 0.3) is 0 Å². The molecule has 2 aliphatic heterocycles. The number of likely N-dealkylation sites (tertiary alicyclic amines) is 1. The van der Waals surface area contributed by atoms with Crippen LogP contribution in [0.1, 0.15) is 38.2 Å². The summed E-state index contributed by atoms with van der Waals surface area (Å²) in [4.78, 5) is 7.20. The SMILES string of the molecule is CCNC(=NCc1ccc2c(c1)OCCCO2)N1CCC(OCCCOC)CC1.I. The van der Waals surface area contributed by atoms with Crippen molar-refractivity contribution >= 4 is 29.9 Å². The summed E-state index contributed by atoms with van der Waals surface area (Å²) in [6.45, 7) is 8.44. The van der Waals surface area contributed by atoms with Crippen LogP contribution in [0.5, 0.6) is 11.5 Å². The maximum absolute atomic E-state index is 5.97. The van der Waals surface area contributed by atoms with Crippen molar-refractivity contribution in [1.82, 2.24) is 10.2 Å².